The first-order valence-corrected chi connectivity index (χ1v) is 4.44. The van der Waals surface area contributed by atoms with Crippen molar-refractivity contribution in [1.82, 2.24) is 0 Å². The molecule has 0 spiro atoms. The van der Waals surface area contributed by atoms with Crippen molar-refractivity contribution in [2.75, 3.05) is 0 Å². The van der Waals surface area contributed by atoms with Gasteiger partial charge in [-0.1, -0.05) is 24.3 Å². The number of rotatable bonds is 3. The highest BCUT2D eigenvalue weighted by Gasteiger charge is 2.03. The molecule has 0 saturated heterocycles. The lowest BCUT2D eigenvalue weighted by Crippen LogP contribution is -1.79. The van der Waals surface area contributed by atoms with E-state index >= 15 is 0 Å². The minimum absolute atomic E-state index is 0.296. The highest BCUT2D eigenvalue weighted by molar-refractivity contribution is 5.77. The molecule has 0 saturated carbocycles. The molecule has 0 aliphatic carbocycles. The van der Waals surface area contributed by atoms with E-state index in [-0.39, 0.29) is 0 Å². The second-order valence-electron chi connectivity index (χ2n) is 3.06. The van der Waals surface area contributed by atoms with Gasteiger partial charge in [0, 0.05) is 11.1 Å². The Bertz CT molecular complexity index is 480. The highest BCUT2D eigenvalue weighted by Crippen LogP contribution is 2.21. The van der Waals surface area contributed by atoms with Gasteiger partial charge in [0.1, 0.15) is 12.0 Å². The Morgan fingerprint density at radius 1 is 0.867 bits per heavy atom. The first-order chi connectivity index (χ1) is 7.33. The van der Waals surface area contributed by atoms with Crippen LogP contribution < -0.4 is 0 Å². The van der Waals surface area contributed by atoms with E-state index in [0.29, 0.717) is 23.4 Å². The number of hydrogen-bond donors (Lipinski definition) is 0. The molecule has 0 N–H and O–H groups in total. The Labute approximate surface area is 86.3 Å². The van der Waals surface area contributed by atoms with E-state index in [1.807, 2.05) is 0 Å². The van der Waals surface area contributed by atoms with Crippen LogP contribution in [-0.4, -0.2) is 12.6 Å². The molecule has 2 rings (SSSR count). The second kappa shape index (κ2) is 3.92. The lowest BCUT2D eigenvalue weighted by atomic mass is 10.1. The number of carbonyl (C=O) groups excluding carboxylic acids is 2. The van der Waals surface area contributed by atoms with Crippen LogP contribution in [0.25, 0.3) is 11.3 Å². The lowest BCUT2D eigenvalue weighted by molar-refractivity contribution is 0.109. The molecule has 0 radical (unpaired) electrons. The predicted molar refractivity (Wildman–Crippen MR) is 54.9 cm³/mol. The number of furan rings is 1. The molecule has 0 amide bonds. The summed E-state index contributed by atoms with van der Waals surface area (Å²) in [5, 5.41) is 0. The van der Waals surface area contributed by atoms with Crippen molar-refractivity contribution in [2.24, 2.45) is 0 Å². The summed E-state index contributed by atoms with van der Waals surface area (Å²) in [6.07, 6.45) is 1.44. The van der Waals surface area contributed by atoms with E-state index in [9.17, 15) is 9.59 Å². The molecule has 1 aromatic heterocycles. The van der Waals surface area contributed by atoms with E-state index in [0.717, 1.165) is 11.8 Å². The predicted octanol–water partition coefficient (Wildman–Crippen LogP) is 2.57. The lowest BCUT2D eigenvalue weighted by Gasteiger charge is -1.96. The maximum atomic E-state index is 10.4. The van der Waals surface area contributed by atoms with Crippen molar-refractivity contribution >= 4 is 12.6 Å². The molecule has 0 atom stereocenters. The molecule has 0 unspecified atom stereocenters. The van der Waals surface area contributed by atoms with Crippen molar-refractivity contribution in [2.45, 2.75) is 0 Å². The summed E-state index contributed by atoms with van der Waals surface area (Å²) in [6, 6.07) is 10.3. The van der Waals surface area contributed by atoms with Gasteiger partial charge in [-0.25, -0.2) is 0 Å². The van der Waals surface area contributed by atoms with E-state index in [1.54, 1.807) is 36.4 Å². The molecule has 3 heteroatoms. The van der Waals surface area contributed by atoms with Crippen molar-refractivity contribution < 1.29 is 14.0 Å². The molecule has 74 valence electrons. The van der Waals surface area contributed by atoms with Gasteiger partial charge in [0.2, 0.25) is 0 Å². The van der Waals surface area contributed by atoms with Gasteiger partial charge in [-0.2, -0.15) is 0 Å². The highest BCUT2D eigenvalue weighted by atomic mass is 16.3. The smallest absolute Gasteiger partial charge is 0.185 e. The van der Waals surface area contributed by atoms with E-state index < -0.39 is 0 Å². The molecule has 0 aliphatic heterocycles. The first-order valence-electron chi connectivity index (χ1n) is 4.44. The summed E-state index contributed by atoms with van der Waals surface area (Å²) >= 11 is 0. The monoisotopic (exact) mass is 200 g/mol. The third kappa shape index (κ3) is 1.86. The number of aldehydes is 2. The van der Waals surface area contributed by atoms with Crippen LogP contribution in [0.3, 0.4) is 0 Å². The molecule has 1 aromatic carbocycles. The van der Waals surface area contributed by atoms with Crippen LogP contribution in [0.5, 0.6) is 0 Å². The average Bonchev–Trinajstić information content (AvgIpc) is 2.78. The largest absolute Gasteiger partial charge is 0.453 e. The van der Waals surface area contributed by atoms with Crippen molar-refractivity contribution in [3.63, 3.8) is 0 Å². The topological polar surface area (TPSA) is 47.3 Å². The van der Waals surface area contributed by atoms with E-state index in [4.69, 9.17) is 4.42 Å². The number of hydrogen-bond acceptors (Lipinski definition) is 3. The summed E-state index contributed by atoms with van der Waals surface area (Å²) in [6.45, 7) is 0. The standard InChI is InChI=1S/C12H8O3/c13-7-9-1-3-10(4-2-9)12-6-5-11(8-14)15-12/h1-8H. The minimum atomic E-state index is 0.296. The Balaban J connectivity index is 2.36. The molecule has 15 heavy (non-hydrogen) atoms. The van der Waals surface area contributed by atoms with Gasteiger partial charge < -0.3 is 4.42 Å². The van der Waals surface area contributed by atoms with Gasteiger partial charge in [0.05, 0.1) is 0 Å². The fourth-order valence-corrected chi connectivity index (χ4v) is 1.30. The van der Waals surface area contributed by atoms with Crippen LogP contribution in [0.15, 0.2) is 40.8 Å². The summed E-state index contributed by atoms with van der Waals surface area (Å²) < 4.78 is 5.24. The van der Waals surface area contributed by atoms with Crippen LogP contribution in [0, 0.1) is 0 Å². The van der Waals surface area contributed by atoms with Crippen molar-refractivity contribution in [3.05, 3.63) is 47.7 Å². The number of carbonyl (C=O) groups is 2. The van der Waals surface area contributed by atoms with E-state index in [1.165, 1.54) is 0 Å². The van der Waals surface area contributed by atoms with Crippen LogP contribution in [0.2, 0.25) is 0 Å². The first kappa shape index (κ1) is 9.40. The molecule has 0 aliphatic rings. The molecule has 0 bridgehead atoms. The van der Waals surface area contributed by atoms with Gasteiger partial charge in [-0.05, 0) is 12.1 Å². The summed E-state index contributed by atoms with van der Waals surface area (Å²) in [5.74, 6) is 0.916. The van der Waals surface area contributed by atoms with Crippen LogP contribution >= 0.6 is 0 Å². The van der Waals surface area contributed by atoms with Crippen LogP contribution in [0.4, 0.5) is 0 Å². The quantitative estimate of drug-likeness (QED) is 0.715. The van der Waals surface area contributed by atoms with Crippen molar-refractivity contribution in [3.8, 4) is 11.3 Å². The molecule has 3 nitrogen and oxygen atoms in total. The third-order valence-electron chi connectivity index (χ3n) is 2.07. The Morgan fingerprint density at radius 2 is 1.60 bits per heavy atom. The normalized spacial score (nSPS) is 9.87. The second-order valence-corrected chi connectivity index (χ2v) is 3.06. The van der Waals surface area contributed by atoms with Gasteiger partial charge in [0.25, 0.3) is 0 Å². The van der Waals surface area contributed by atoms with Crippen LogP contribution in [-0.2, 0) is 0 Å². The fraction of sp³-hybridized carbons (Fsp3) is 0. The zero-order chi connectivity index (χ0) is 10.7. The van der Waals surface area contributed by atoms with Crippen molar-refractivity contribution in [1.29, 1.82) is 0 Å². The fourth-order valence-electron chi connectivity index (χ4n) is 1.30. The van der Waals surface area contributed by atoms with Gasteiger partial charge in [-0.3, -0.25) is 9.59 Å². The zero-order valence-electron chi connectivity index (χ0n) is 7.84. The zero-order valence-corrected chi connectivity index (χ0v) is 7.84. The minimum Gasteiger partial charge on any atom is -0.453 e. The molecule has 2 aromatic rings. The molecule has 0 fully saturated rings. The summed E-state index contributed by atoms with van der Waals surface area (Å²) in [5.41, 5.74) is 1.45. The van der Waals surface area contributed by atoms with E-state index in [2.05, 4.69) is 0 Å². The average molecular weight is 200 g/mol. The third-order valence-corrected chi connectivity index (χ3v) is 2.07. The maximum absolute atomic E-state index is 10.4. The molecular formula is C12H8O3. The Kier molecular flexibility index (Phi) is 2.46. The van der Waals surface area contributed by atoms with Gasteiger partial charge in [-0.15, -0.1) is 0 Å². The van der Waals surface area contributed by atoms with Gasteiger partial charge >= 0.3 is 0 Å². The summed E-state index contributed by atoms with van der Waals surface area (Å²) in [7, 11) is 0. The molecule has 1 heterocycles. The Morgan fingerprint density at radius 3 is 2.13 bits per heavy atom. The Hall–Kier alpha value is -2.16. The molecular weight excluding hydrogens is 192 g/mol. The van der Waals surface area contributed by atoms with Gasteiger partial charge in [0.15, 0.2) is 12.0 Å². The summed E-state index contributed by atoms with van der Waals surface area (Å²) in [4.78, 5) is 20.8. The number of benzene rings is 1. The maximum Gasteiger partial charge on any atom is 0.185 e. The van der Waals surface area contributed by atoms with Crippen LogP contribution in [0.1, 0.15) is 20.9 Å². The SMILES string of the molecule is O=Cc1ccc(-c2ccc(C=O)o2)cc1.